The molecule has 0 fully saturated rings. The summed E-state index contributed by atoms with van der Waals surface area (Å²) in [5, 5.41) is 14.5. The van der Waals surface area contributed by atoms with E-state index in [1.54, 1.807) is 16.8 Å². The monoisotopic (exact) mass is 323 g/mol. The summed E-state index contributed by atoms with van der Waals surface area (Å²) in [5.41, 5.74) is 1.39. The molecule has 122 valence electrons. The molecule has 3 rings (SSSR count). The Morgan fingerprint density at radius 3 is 2.58 bits per heavy atom. The molecule has 1 heterocycles. The van der Waals surface area contributed by atoms with E-state index in [0.29, 0.717) is 18.0 Å². The lowest BCUT2D eigenvalue weighted by atomic mass is 10.2. The first-order chi connectivity index (χ1) is 11.8. The Hall–Kier alpha value is -3.22. The number of tetrazole rings is 1. The van der Waals surface area contributed by atoms with Crippen LogP contribution in [0, 0.1) is 0 Å². The third-order valence-electron chi connectivity index (χ3n) is 3.37. The fraction of sp³-hybridized carbons (Fsp3) is 0.176. The second-order valence-electron chi connectivity index (χ2n) is 4.98. The standard InChI is InChI=1S/C17H17N5O2/c1-2-24-15-10-8-14(9-11-15)22-16(19-20-21-22)12-18-17(23)13-6-4-3-5-7-13/h3-11H,2,12H2,1H3,(H,18,23). The molecule has 1 amide bonds. The second kappa shape index (κ2) is 7.36. The number of rotatable bonds is 6. The fourth-order valence-electron chi connectivity index (χ4n) is 2.22. The zero-order valence-corrected chi connectivity index (χ0v) is 13.2. The van der Waals surface area contributed by atoms with Crippen molar-refractivity contribution < 1.29 is 9.53 Å². The predicted molar refractivity (Wildman–Crippen MR) is 87.9 cm³/mol. The fourth-order valence-corrected chi connectivity index (χ4v) is 2.22. The summed E-state index contributed by atoms with van der Waals surface area (Å²) >= 11 is 0. The van der Waals surface area contributed by atoms with Gasteiger partial charge in [0.2, 0.25) is 0 Å². The molecule has 0 aliphatic carbocycles. The van der Waals surface area contributed by atoms with E-state index >= 15 is 0 Å². The van der Waals surface area contributed by atoms with Gasteiger partial charge in [0.15, 0.2) is 5.82 Å². The Balaban J connectivity index is 1.70. The summed E-state index contributed by atoms with van der Waals surface area (Å²) in [5.74, 6) is 1.16. The van der Waals surface area contributed by atoms with Gasteiger partial charge in [0, 0.05) is 5.56 Å². The van der Waals surface area contributed by atoms with Gasteiger partial charge < -0.3 is 10.1 Å². The third-order valence-corrected chi connectivity index (χ3v) is 3.37. The molecule has 0 aliphatic heterocycles. The minimum Gasteiger partial charge on any atom is -0.494 e. The molecular formula is C17H17N5O2. The van der Waals surface area contributed by atoms with Gasteiger partial charge in [-0.25, -0.2) is 0 Å². The number of aromatic nitrogens is 4. The normalized spacial score (nSPS) is 10.4. The Bertz CT molecular complexity index is 799. The van der Waals surface area contributed by atoms with E-state index in [9.17, 15) is 4.79 Å². The lowest BCUT2D eigenvalue weighted by Crippen LogP contribution is -2.24. The molecule has 24 heavy (non-hydrogen) atoms. The van der Waals surface area contributed by atoms with Crippen molar-refractivity contribution >= 4 is 5.91 Å². The molecule has 0 saturated heterocycles. The van der Waals surface area contributed by atoms with Crippen molar-refractivity contribution in [2.45, 2.75) is 13.5 Å². The van der Waals surface area contributed by atoms with Crippen LogP contribution in [0.1, 0.15) is 23.1 Å². The SMILES string of the molecule is CCOc1ccc(-n2nnnc2CNC(=O)c2ccccc2)cc1. The quantitative estimate of drug-likeness (QED) is 0.750. The van der Waals surface area contributed by atoms with E-state index in [0.717, 1.165) is 11.4 Å². The van der Waals surface area contributed by atoms with Crippen LogP contribution in [0.2, 0.25) is 0 Å². The van der Waals surface area contributed by atoms with Gasteiger partial charge in [-0.1, -0.05) is 18.2 Å². The summed E-state index contributed by atoms with van der Waals surface area (Å²) in [7, 11) is 0. The van der Waals surface area contributed by atoms with E-state index in [4.69, 9.17) is 4.74 Å². The number of carbonyl (C=O) groups is 1. The maximum Gasteiger partial charge on any atom is 0.251 e. The predicted octanol–water partition coefficient (Wildman–Crippen LogP) is 1.99. The molecule has 0 saturated carbocycles. The first kappa shape index (κ1) is 15.7. The maximum absolute atomic E-state index is 12.1. The third kappa shape index (κ3) is 3.57. The van der Waals surface area contributed by atoms with Crippen molar-refractivity contribution in [3.63, 3.8) is 0 Å². The highest BCUT2D eigenvalue weighted by Gasteiger charge is 2.11. The van der Waals surface area contributed by atoms with Crippen LogP contribution in [0.3, 0.4) is 0 Å². The number of amides is 1. The van der Waals surface area contributed by atoms with Gasteiger partial charge in [0.1, 0.15) is 5.75 Å². The van der Waals surface area contributed by atoms with Crippen molar-refractivity contribution in [3.05, 3.63) is 66.0 Å². The van der Waals surface area contributed by atoms with Crippen LogP contribution in [0.4, 0.5) is 0 Å². The molecule has 1 aromatic heterocycles. The number of hydrogen-bond donors (Lipinski definition) is 1. The highest BCUT2D eigenvalue weighted by molar-refractivity contribution is 5.93. The van der Waals surface area contributed by atoms with Crippen LogP contribution in [-0.2, 0) is 6.54 Å². The second-order valence-corrected chi connectivity index (χ2v) is 4.98. The summed E-state index contributed by atoms with van der Waals surface area (Å²) in [6.45, 7) is 2.78. The number of nitrogens with one attached hydrogen (secondary N) is 1. The van der Waals surface area contributed by atoms with E-state index < -0.39 is 0 Å². The Kier molecular flexibility index (Phi) is 4.81. The first-order valence-corrected chi connectivity index (χ1v) is 7.61. The zero-order chi connectivity index (χ0) is 16.8. The molecule has 7 heteroatoms. The molecule has 3 aromatic rings. The molecule has 0 aliphatic rings. The summed E-state index contributed by atoms with van der Waals surface area (Å²) in [6.07, 6.45) is 0. The van der Waals surface area contributed by atoms with Crippen LogP contribution in [0.5, 0.6) is 5.75 Å². The van der Waals surface area contributed by atoms with Gasteiger partial charge in [0.05, 0.1) is 18.8 Å². The lowest BCUT2D eigenvalue weighted by Gasteiger charge is -2.08. The Labute approximate surface area is 139 Å². The summed E-state index contributed by atoms with van der Waals surface area (Å²) < 4.78 is 7.00. The van der Waals surface area contributed by atoms with E-state index in [2.05, 4.69) is 20.8 Å². The minimum atomic E-state index is -0.170. The highest BCUT2D eigenvalue weighted by Crippen LogP contribution is 2.15. The van der Waals surface area contributed by atoms with Gasteiger partial charge in [-0.3, -0.25) is 4.79 Å². The van der Waals surface area contributed by atoms with Crippen molar-refractivity contribution in [1.82, 2.24) is 25.5 Å². The number of benzene rings is 2. The van der Waals surface area contributed by atoms with Crippen LogP contribution in [0.25, 0.3) is 5.69 Å². The van der Waals surface area contributed by atoms with Crippen molar-refractivity contribution in [2.75, 3.05) is 6.61 Å². The number of carbonyl (C=O) groups excluding carboxylic acids is 1. The molecule has 0 bridgehead atoms. The number of ether oxygens (including phenoxy) is 1. The van der Waals surface area contributed by atoms with E-state index in [1.165, 1.54) is 0 Å². The zero-order valence-electron chi connectivity index (χ0n) is 13.2. The molecule has 2 aromatic carbocycles. The van der Waals surface area contributed by atoms with Gasteiger partial charge >= 0.3 is 0 Å². The summed E-state index contributed by atoms with van der Waals surface area (Å²) in [4.78, 5) is 12.1. The number of nitrogens with zero attached hydrogens (tertiary/aromatic N) is 4. The van der Waals surface area contributed by atoms with Gasteiger partial charge in [-0.2, -0.15) is 4.68 Å². The molecule has 0 unspecified atom stereocenters. The van der Waals surface area contributed by atoms with E-state index in [-0.39, 0.29) is 12.5 Å². The lowest BCUT2D eigenvalue weighted by molar-refractivity contribution is 0.0949. The summed E-state index contributed by atoms with van der Waals surface area (Å²) in [6, 6.07) is 16.4. The highest BCUT2D eigenvalue weighted by atomic mass is 16.5. The van der Waals surface area contributed by atoms with Gasteiger partial charge in [0.25, 0.3) is 5.91 Å². The molecule has 7 nitrogen and oxygen atoms in total. The Morgan fingerprint density at radius 2 is 1.88 bits per heavy atom. The maximum atomic E-state index is 12.1. The molecule has 1 N–H and O–H groups in total. The van der Waals surface area contributed by atoms with Gasteiger partial charge in [-0.15, -0.1) is 5.10 Å². The van der Waals surface area contributed by atoms with Crippen molar-refractivity contribution in [3.8, 4) is 11.4 Å². The van der Waals surface area contributed by atoms with Crippen molar-refractivity contribution in [2.24, 2.45) is 0 Å². The average Bonchev–Trinajstić information content (AvgIpc) is 3.10. The molecule has 0 radical (unpaired) electrons. The first-order valence-electron chi connectivity index (χ1n) is 7.61. The number of hydrogen-bond acceptors (Lipinski definition) is 5. The van der Waals surface area contributed by atoms with Crippen LogP contribution >= 0.6 is 0 Å². The molecule has 0 atom stereocenters. The van der Waals surface area contributed by atoms with Gasteiger partial charge in [-0.05, 0) is 53.7 Å². The minimum absolute atomic E-state index is 0.170. The van der Waals surface area contributed by atoms with E-state index in [1.807, 2.05) is 49.4 Å². The Morgan fingerprint density at radius 1 is 1.12 bits per heavy atom. The average molecular weight is 323 g/mol. The largest absolute Gasteiger partial charge is 0.494 e. The van der Waals surface area contributed by atoms with Crippen molar-refractivity contribution in [1.29, 1.82) is 0 Å². The van der Waals surface area contributed by atoms with Crippen LogP contribution in [0.15, 0.2) is 54.6 Å². The molecule has 0 spiro atoms. The van der Waals surface area contributed by atoms with Crippen LogP contribution < -0.4 is 10.1 Å². The smallest absolute Gasteiger partial charge is 0.251 e. The van der Waals surface area contributed by atoms with Crippen LogP contribution in [-0.4, -0.2) is 32.7 Å². The topological polar surface area (TPSA) is 81.9 Å². The molecular weight excluding hydrogens is 306 g/mol.